The summed E-state index contributed by atoms with van der Waals surface area (Å²) in [5, 5.41) is 0. The molecule has 0 spiro atoms. The lowest BCUT2D eigenvalue weighted by Crippen LogP contribution is -2.08. The zero-order chi connectivity index (χ0) is 8.81. The Morgan fingerprint density at radius 2 is 2.58 bits per heavy atom. The number of rotatable bonds is 5. The monoisotopic (exact) mass is 165 g/mol. The normalized spacial score (nSPS) is 12.8. The summed E-state index contributed by atoms with van der Waals surface area (Å²) in [7, 11) is 0. The van der Waals surface area contributed by atoms with Gasteiger partial charge in [0.15, 0.2) is 0 Å². The third kappa shape index (κ3) is 2.20. The molecule has 1 heterocycles. The lowest BCUT2D eigenvalue weighted by atomic mass is 10.0. The van der Waals surface area contributed by atoms with Crippen LogP contribution in [-0.2, 0) is 0 Å². The lowest BCUT2D eigenvalue weighted by molar-refractivity contribution is 0.611. The molecule has 0 saturated carbocycles. The molecule has 3 heteroatoms. The number of hydrogen-bond acceptors (Lipinski definition) is 2. The molecule has 0 radical (unpaired) electrons. The summed E-state index contributed by atoms with van der Waals surface area (Å²) in [6, 6.07) is 0. The Hall–Kier alpha value is -1.09. The number of aromatic nitrogens is 2. The maximum atomic E-state index is 5.49. The van der Waals surface area contributed by atoms with Crippen molar-refractivity contribution in [3.05, 3.63) is 30.9 Å². The van der Waals surface area contributed by atoms with Crippen LogP contribution in [0.25, 0.3) is 0 Å². The summed E-state index contributed by atoms with van der Waals surface area (Å²) in [4.78, 5) is 7.29. The van der Waals surface area contributed by atoms with Crippen molar-refractivity contribution >= 4 is 0 Å². The van der Waals surface area contributed by atoms with Crippen LogP contribution in [0, 0.1) is 0 Å². The number of hydrogen-bond donors (Lipinski definition) is 2. The van der Waals surface area contributed by atoms with Crippen molar-refractivity contribution in [1.29, 1.82) is 0 Å². The highest BCUT2D eigenvalue weighted by Gasteiger charge is 2.10. The maximum Gasteiger partial charge on any atom is 0.109 e. The van der Waals surface area contributed by atoms with Gasteiger partial charge in [-0.1, -0.05) is 6.08 Å². The van der Waals surface area contributed by atoms with Gasteiger partial charge in [-0.15, -0.1) is 6.58 Å². The van der Waals surface area contributed by atoms with Crippen LogP contribution in [0.3, 0.4) is 0 Å². The second-order valence-electron chi connectivity index (χ2n) is 2.77. The van der Waals surface area contributed by atoms with E-state index in [1.807, 2.05) is 12.3 Å². The number of nitrogens with one attached hydrogen (secondary N) is 1. The van der Waals surface area contributed by atoms with E-state index >= 15 is 0 Å². The third-order valence-corrected chi connectivity index (χ3v) is 1.87. The SMILES string of the molecule is C=CCC(CCN)c1ncc[nH]1. The third-order valence-electron chi connectivity index (χ3n) is 1.87. The average molecular weight is 165 g/mol. The molecule has 0 aliphatic rings. The van der Waals surface area contributed by atoms with Crippen molar-refractivity contribution in [2.24, 2.45) is 5.73 Å². The predicted molar refractivity (Wildman–Crippen MR) is 49.8 cm³/mol. The minimum atomic E-state index is 0.405. The molecule has 1 aromatic rings. The van der Waals surface area contributed by atoms with Crippen molar-refractivity contribution < 1.29 is 0 Å². The second-order valence-corrected chi connectivity index (χ2v) is 2.77. The summed E-state index contributed by atoms with van der Waals surface area (Å²) < 4.78 is 0. The van der Waals surface area contributed by atoms with Crippen LogP contribution in [0.1, 0.15) is 24.6 Å². The number of H-pyrrole nitrogens is 1. The van der Waals surface area contributed by atoms with Crippen LogP contribution in [0.2, 0.25) is 0 Å². The molecule has 0 amide bonds. The van der Waals surface area contributed by atoms with Gasteiger partial charge in [0, 0.05) is 18.3 Å². The van der Waals surface area contributed by atoms with Gasteiger partial charge in [-0.25, -0.2) is 4.98 Å². The Balaban J connectivity index is 2.59. The predicted octanol–water partition coefficient (Wildman–Crippen LogP) is 1.42. The highest BCUT2D eigenvalue weighted by Crippen LogP contribution is 2.18. The van der Waals surface area contributed by atoms with Crippen molar-refractivity contribution in [3.63, 3.8) is 0 Å². The first-order valence-corrected chi connectivity index (χ1v) is 4.18. The standard InChI is InChI=1S/C9H15N3/c1-2-3-8(4-5-10)9-11-6-7-12-9/h2,6-8H,1,3-5,10H2,(H,11,12). The van der Waals surface area contributed by atoms with Crippen molar-refractivity contribution in [2.45, 2.75) is 18.8 Å². The van der Waals surface area contributed by atoms with Gasteiger partial charge >= 0.3 is 0 Å². The molecule has 1 unspecified atom stereocenters. The summed E-state index contributed by atoms with van der Waals surface area (Å²) >= 11 is 0. The van der Waals surface area contributed by atoms with Crippen molar-refractivity contribution in [3.8, 4) is 0 Å². The van der Waals surface area contributed by atoms with Gasteiger partial charge in [-0.2, -0.15) is 0 Å². The first-order chi connectivity index (χ1) is 5.88. The fourth-order valence-corrected chi connectivity index (χ4v) is 1.27. The zero-order valence-electron chi connectivity index (χ0n) is 7.16. The Kier molecular flexibility index (Phi) is 3.54. The average Bonchev–Trinajstić information content (AvgIpc) is 2.56. The van der Waals surface area contributed by atoms with E-state index in [1.54, 1.807) is 6.20 Å². The molecule has 1 atom stereocenters. The maximum absolute atomic E-state index is 5.49. The van der Waals surface area contributed by atoms with Crippen LogP contribution >= 0.6 is 0 Å². The van der Waals surface area contributed by atoms with E-state index in [1.165, 1.54) is 0 Å². The Labute approximate surface area is 72.7 Å². The zero-order valence-corrected chi connectivity index (χ0v) is 7.16. The van der Waals surface area contributed by atoms with Gasteiger partial charge in [-0.3, -0.25) is 0 Å². The van der Waals surface area contributed by atoms with Crippen LogP contribution in [-0.4, -0.2) is 16.5 Å². The molecule has 66 valence electrons. The molecule has 3 N–H and O–H groups in total. The van der Waals surface area contributed by atoms with Crippen molar-refractivity contribution in [2.75, 3.05) is 6.54 Å². The Bertz CT molecular complexity index is 216. The first kappa shape index (κ1) is 9.00. The molecule has 0 fully saturated rings. The van der Waals surface area contributed by atoms with E-state index in [4.69, 9.17) is 5.73 Å². The minimum Gasteiger partial charge on any atom is -0.348 e. The van der Waals surface area contributed by atoms with E-state index in [9.17, 15) is 0 Å². The number of aromatic amines is 1. The molecule has 0 aromatic carbocycles. The van der Waals surface area contributed by atoms with Gasteiger partial charge in [0.2, 0.25) is 0 Å². The highest BCUT2D eigenvalue weighted by atomic mass is 14.9. The molecule has 0 aliphatic carbocycles. The summed E-state index contributed by atoms with van der Waals surface area (Å²) in [6.45, 7) is 4.40. The van der Waals surface area contributed by atoms with Crippen LogP contribution in [0.15, 0.2) is 25.0 Å². The number of nitrogens with zero attached hydrogens (tertiary/aromatic N) is 1. The number of imidazole rings is 1. The molecular weight excluding hydrogens is 150 g/mol. The smallest absolute Gasteiger partial charge is 0.109 e. The number of nitrogens with two attached hydrogens (primary N) is 1. The molecule has 0 saturated heterocycles. The Morgan fingerprint density at radius 3 is 3.08 bits per heavy atom. The largest absolute Gasteiger partial charge is 0.348 e. The minimum absolute atomic E-state index is 0.405. The van der Waals surface area contributed by atoms with E-state index in [0.29, 0.717) is 12.5 Å². The van der Waals surface area contributed by atoms with E-state index in [-0.39, 0.29) is 0 Å². The van der Waals surface area contributed by atoms with Crippen LogP contribution in [0.5, 0.6) is 0 Å². The van der Waals surface area contributed by atoms with E-state index in [2.05, 4.69) is 16.5 Å². The molecule has 3 nitrogen and oxygen atoms in total. The molecule has 0 aliphatic heterocycles. The highest BCUT2D eigenvalue weighted by molar-refractivity contribution is 4.99. The second kappa shape index (κ2) is 4.72. The summed E-state index contributed by atoms with van der Waals surface area (Å²) in [5.74, 6) is 1.42. The van der Waals surface area contributed by atoms with E-state index in [0.717, 1.165) is 18.7 Å². The topological polar surface area (TPSA) is 54.7 Å². The van der Waals surface area contributed by atoms with Crippen LogP contribution < -0.4 is 5.73 Å². The summed E-state index contributed by atoms with van der Waals surface area (Å²) in [6.07, 6.45) is 7.40. The summed E-state index contributed by atoms with van der Waals surface area (Å²) in [5.41, 5.74) is 5.49. The molecule has 1 rings (SSSR count). The van der Waals surface area contributed by atoms with Gasteiger partial charge in [0.05, 0.1) is 0 Å². The molecule has 12 heavy (non-hydrogen) atoms. The first-order valence-electron chi connectivity index (χ1n) is 4.18. The van der Waals surface area contributed by atoms with Crippen molar-refractivity contribution in [1.82, 2.24) is 9.97 Å². The molecule has 1 aromatic heterocycles. The van der Waals surface area contributed by atoms with Gasteiger partial charge in [0.1, 0.15) is 5.82 Å². The molecular formula is C9H15N3. The van der Waals surface area contributed by atoms with Gasteiger partial charge in [-0.05, 0) is 19.4 Å². The Morgan fingerprint density at radius 1 is 1.75 bits per heavy atom. The van der Waals surface area contributed by atoms with Crippen LogP contribution in [0.4, 0.5) is 0 Å². The number of allylic oxidation sites excluding steroid dienone is 1. The van der Waals surface area contributed by atoms with E-state index < -0.39 is 0 Å². The van der Waals surface area contributed by atoms with Gasteiger partial charge < -0.3 is 10.7 Å². The molecule has 0 bridgehead atoms. The lowest BCUT2D eigenvalue weighted by Gasteiger charge is -2.09. The van der Waals surface area contributed by atoms with Gasteiger partial charge in [0.25, 0.3) is 0 Å². The fourth-order valence-electron chi connectivity index (χ4n) is 1.27. The fraction of sp³-hybridized carbons (Fsp3) is 0.444. The quantitative estimate of drug-likeness (QED) is 0.648.